The van der Waals surface area contributed by atoms with E-state index in [0.29, 0.717) is 0 Å². The van der Waals surface area contributed by atoms with Gasteiger partial charge < -0.3 is 8.88 Å². The van der Waals surface area contributed by atoms with E-state index in [1.165, 1.54) is 0 Å². The Hall–Kier alpha value is -0.326. The van der Waals surface area contributed by atoms with Gasteiger partial charge in [-0.25, -0.2) is 0 Å². The van der Waals surface area contributed by atoms with Crippen LogP contribution < -0.4 is 9.97 Å². The predicted octanol–water partition coefficient (Wildman–Crippen LogP) is 5.73. The van der Waals surface area contributed by atoms with E-state index in [9.17, 15) is 0 Å². The molecule has 24 heavy (non-hydrogen) atoms. The Morgan fingerprint density at radius 1 is 0.708 bits per heavy atom. The van der Waals surface area contributed by atoms with Crippen molar-refractivity contribution in [3.8, 4) is 0 Å². The monoisotopic (exact) mass is 364 g/mol. The molecule has 4 heteroatoms. The summed E-state index contributed by atoms with van der Waals surface area (Å²) in [7, 11) is -4.01. The molecule has 138 valence electrons. The quantitative estimate of drug-likeness (QED) is 0.581. The second kappa shape index (κ2) is 5.11. The molecule has 0 saturated heterocycles. The molecule has 1 aliphatic heterocycles. The lowest BCUT2D eigenvalue weighted by atomic mass is 10.2. The predicted molar refractivity (Wildman–Crippen MR) is 113 cm³/mol. The molecule has 2 nitrogen and oxygen atoms in total. The van der Waals surface area contributed by atoms with Crippen molar-refractivity contribution in [1.29, 1.82) is 0 Å². The van der Waals surface area contributed by atoms with Crippen molar-refractivity contribution in [2.75, 3.05) is 0 Å². The van der Waals surface area contributed by atoms with Gasteiger partial charge in [0.15, 0.2) is 8.24 Å². The lowest BCUT2D eigenvalue weighted by molar-refractivity contribution is 0.569. The molecule has 1 N–H and O–H groups in total. The van der Waals surface area contributed by atoms with Crippen molar-refractivity contribution in [3.05, 3.63) is 18.3 Å². The summed E-state index contributed by atoms with van der Waals surface area (Å²) in [6, 6.07) is 4.73. The van der Waals surface area contributed by atoms with E-state index < -0.39 is 16.6 Å². The van der Waals surface area contributed by atoms with Gasteiger partial charge in [-0.15, -0.1) is 0 Å². The number of aromatic nitrogens is 1. The van der Waals surface area contributed by atoms with Gasteiger partial charge in [-0.05, 0) is 38.5 Å². The molecule has 2 rings (SSSR count). The smallest absolute Gasteiger partial charge is 0.241 e. The number of rotatable bonds is 0. The number of hydrogen-bond acceptors (Lipinski definition) is 1. The van der Waals surface area contributed by atoms with Gasteiger partial charge in [0.25, 0.3) is 0 Å². The highest BCUT2D eigenvalue weighted by Crippen LogP contribution is 2.58. The summed E-state index contributed by atoms with van der Waals surface area (Å²) in [5.41, 5.74) is 0. The van der Waals surface area contributed by atoms with Crippen LogP contribution >= 0.6 is 0 Å². The van der Waals surface area contributed by atoms with E-state index in [2.05, 4.69) is 110 Å². The zero-order valence-electron chi connectivity index (χ0n) is 18.2. The molecule has 0 fully saturated rings. The van der Waals surface area contributed by atoms with Crippen molar-refractivity contribution in [2.24, 2.45) is 0 Å². The largest absolute Gasteiger partial charge is 0.366 e. The Bertz CT molecular complexity index is 535. The number of hydrogen-bond donors (Lipinski definition) is 1. The topological polar surface area (TPSA) is 17.0 Å². The number of nitrogens with zero attached hydrogens (tertiary/aromatic N) is 1. The first-order valence-corrected chi connectivity index (χ1v) is 13.4. The van der Waals surface area contributed by atoms with Gasteiger partial charge in [0.05, 0.1) is 0 Å². The van der Waals surface area contributed by atoms with Crippen molar-refractivity contribution in [3.63, 3.8) is 0 Å². The minimum absolute atomic E-state index is 0.240. The van der Waals surface area contributed by atoms with Crippen LogP contribution in [0.4, 0.5) is 0 Å². The maximum absolute atomic E-state index is 4.56. The zero-order chi connectivity index (χ0) is 19.0. The molecule has 0 radical (unpaired) electrons. The van der Waals surface area contributed by atoms with Crippen molar-refractivity contribution in [1.82, 2.24) is 8.88 Å². The van der Waals surface area contributed by atoms with Gasteiger partial charge in [0.2, 0.25) is 8.40 Å². The van der Waals surface area contributed by atoms with Gasteiger partial charge >= 0.3 is 0 Å². The lowest BCUT2D eigenvalue weighted by Gasteiger charge is -2.55. The van der Waals surface area contributed by atoms with Gasteiger partial charge in [0.1, 0.15) is 0 Å². The molecular formula is C20H40N2Si2. The molecule has 0 bridgehead atoms. The average Bonchev–Trinajstić information content (AvgIpc) is 2.79. The van der Waals surface area contributed by atoms with E-state index in [1.807, 2.05) is 0 Å². The fourth-order valence-corrected chi connectivity index (χ4v) is 25.0. The minimum atomic E-state index is -2.03. The molecule has 1 aliphatic rings. The van der Waals surface area contributed by atoms with Crippen LogP contribution in [0.25, 0.3) is 0 Å². The van der Waals surface area contributed by atoms with Gasteiger partial charge in [-0.1, -0.05) is 83.1 Å². The second-order valence-corrected chi connectivity index (χ2v) is 22.8. The molecule has 0 aromatic carbocycles. The summed E-state index contributed by atoms with van der Waals surface area (Å²) in [6.07, 6.45) is 2.39. The summed E-state index contributed by atoms with van der Waals surface area (Å²) >= 11 is 0. The molecule has 1 aromatic heterocycles. The highest BCUT2D eigenvalue weighted by molar-refractivity contribution is 7.08. The van der Waals surface area contributed by atoms with Crippen molar-refractivity contribution < 1.29 is 0 Å². The average molecular weight is 365 g/mol. The second-order valence-electron chi connectivity index (χ2n) is 11.8. The van der Waals surface area contributed by atoms with Crippen LogP contribution in [0.15, 0.2) is 18.3 Å². The molecule has 0 unspecified atom stereocenters. The molecule has 2 heterocycles. The van der Waals surface area contributed by atoms with Gasteiger partial charge in [-0.3, -0.25) is 0 Å². The number of nitrogens with one attached hydrogen (secondary N) is 1. The van der Waals surface area contributed by atoms with Crippen molar-refractivity contribution >= 4 is 21.9 Å². The van der Waals surface area contributed by atoms with E-state index in [0.717, 1.165) is 0 Å². The van der Waals surface area contributed by atoms with Crippen LogP contribution in [-0.2, 0) is 0 Å². The van der Waals surface area contributed by atoms with E-state index in [1.54, 1.807) is 5.32 Å². The SMILES string of the molecule is CC(C)(C)[Si]1(C(C)(C)C)N[Si](C(C)(C)C)(C(C)(C)C)n2cccc21. The van der Waals surface area contributed by atoms with Crippen LogP contribution in [0.2, 0.25) is 20.2 Å². The van der Waals surface area contributed by atoms with Gasteiger partial charge in [-0.2, -0.15) is 0 Å². The Morgan fingerprint density at radius 2 is 1.12 bits per heavy atom. The normalized spacial score (nSPS) is 21.0. The highest BCUT2D eigenvalue weighted by Gasteiger charge is 2.70. The third-order valence-corrected chi connectivity index (χ3v) is 20.6. The van der Waals surface area contributed by atoms with E-state index in [-0.39, 0.29) is 20.2 Å². The summed E-state index contributed by atoms with van der Waals surface area (Å²) in [6.45, 7) is 29.5. The Kier molecular flexibility index (Phi) is 4.25. The third kappa shape index (κ3) is 2.28. The Balaban J connectivity index is 2.95. The summed E-state index contributed by atoms with van der Waals surface area (Å²) in [5.74, 6) is 0. The number of fused-ring (bicyclic) bond motifs is 1. The van der Waals surface area contributed by atoms with E-state index in [4.69, 9.17) is 0 Å². The Labute approximate surface area is 152 Å². The summed E-state index contributed by atoms with van der Waals surface area (Å²) in [5, 5.41) is 2.62. The molecule has 0 saturated carbocycles. The molecule has 0 aliphatic carbocycles. The first kappa shape index (κ1) is 20.0. The third-order valence-electron chi connectivity index (χ3n) is 6.28. The van der Waals surface area contributed by atoms with Crippen LogP contribution in [0, 0.1) is 0 Å². The first-order valence-electron chi connectivity index (χ1n) is 9.41. The van der Waals surface area contributed by atoms with Crippen molar-refractivity contribution in [2.45, 2.75) is 103 Å². The lowest BCUT2D eigenvalue weighted by Crippen LogP contribution is -2.75. The fraction of sp³-hybridized carbons (Fsp3) is 0.800. The van der Waals surface area contributed by atoms with Crippen LogP contribution in [-0.4, -0.2) is 20.9 Å². The summed E-state index contributed by atoms with van der Waals surface area (Å²) in [4.78, 5) is 0. The fourth-order valence-electron chi connectivity index (χ4n) is 5.87. The molecule has 0 atom stereocenters. The van der Waals surface area contributed by atoms with Crippen LogP contribution in [0.3, 0.4) is 0 Å². The maximum Gasteiger partial charge on any atom is 0.241 e. The van der Waals surface area contributed by atoms with Gasteiger partial charge in [0, 0.05) is 5.32 Å². The first-order chi connectivity index (χ1) is 10.4. The summed E-state index contributed by atoms with van der Waals surface area (Å²) < 4.78 is 7.32. The van der Waals surface area contributed by atoms with E-state index >= 15 is 0 Å². The minimum Gasteiger partial charge on any atom is -0.366 e. The zero-order valence-corrected chi connectivity index (χ0v) is 20.2. The Morgan fingerprint density at radius 3 is 1.46 bits per heavy atom. The molecular weight excluding hydrogens is 324 g/mol. The van der Waals surface area contributed by atoms with Crippen LogP contribution in [0.5, 0.6) is 0 Å². The molecule has 0 amide bonds. The maximum atomic E-state index is 4.56. The molecule has 1 aromatic rings. The molecule has 0 spiro atoms. The van der Waals surface area contributed by atoms with Crippen LogP contribution in [0.1, 0.15) is 83.1 Å². The highest BCUT2D eigenvalue weighted by atomic mass is 28.4. The standard InChI is InChI=1S/C20H40N2Si2/c1-17(2,3)23(18(4,5)6)16-14-13-15-22(16)24(21-23,19(7,8)9)20(10,11)12/h13-15,21H,1-12H3.